The van der Waals surface area contributed by atoms with Gasteiger partial charge in [0.25, 0.3) is 0 Å². The van der Waals surface area contributed by atoms with Crippen LogP contribution >= 0.6 is 22.9 Å². The van der Waals surface area contributed by atoms with Gasteiger partial charge in [0.2, 0.25) is 0 Å². The van der Waals surface area contributed by atoms with E-state index in [1.807, 2.05) is 30.3 Å². The molecule has 0 amide bonds. The summed E-state index contributed by atoms with van der Waals surface area (Å²) in [5, 5.41) is 5.29. The van der Waals surface area contributed by atoms with Crippen LogP contribution in [0.5, 0.6) is 0 Å². The summed E-state index contributed by atoms with van der Waals surface area (Å²) in [7, 11) is 0. The van der Waals surface area contributed by atoms with Crippen LogP contribution in [0.1, 0.15) is 23.4 Å². The average Bonchev–Trinajstić information content (AvgIpc) is 2.88. The second kappa shape index (κ2) is 6.14. The minimum atomic E-state index is -0.192. The fraction of sp³-hybridized carbons (Fsp3) is 0.176. The summed E-state index contributed by atoms with van der Waals surface area (Å²) in [6.07, 6.45) is 0. The van der Waals surface area contributed by atoms with Crippen molar-refractivity contribution in [1.29, 1.82) is 0 Å². The van der Waals surface area contributed by atoms with Crippen LogP contribution in [0.2, 0.25) is 5.02 Å². The maximum atomic E-state index is 13.3. The first-order valence-electron chi connectivity index (χ1n) is 6.85. The van der Waals surface area contributed by atoms with Crippen molar-refractivity contribution in [2.75, 3.05) is 6.54 Å². The van der Waals surface area contributed by atoms with E-state index >= 15 is 0 Å². The lowest BCUT2D eigenvalue weighted by molar-refractivity contribution is 0.630. The van der Waals surface area contributed by atoms with Crippen molar-refractivity contribution in [3.63, 3.8) is 0 Å². The van der Waals surface area contributed by atoms with E-state index in [0.29, 0.717) is 0 Å². The van der Waals surface area contributed by atoms with Gasteiger partial charge in [-0.1, -0.05) is 36.7 Å². The van der Waals surface area contributed by atoms with Gasteiger partial charge in [-0.3, -0.25) is 0 Å². The van der Waals surface area contributed by atoms with Crippen LogP contribution in [0.4, 0.5) is 4.39 Å². The first kappa shape index (κ1) is 14.5. The molecule has 1 nitrogen and oxygen atoms in total. The number of fused-ring (bicyclic) bond motifs is 1. The van der Waals surface area contributed by atoms with E-state index in [9.17, 15) is 4.39 Å². The third kappa shape index (κ3) is 3.10. The molecule has 1 unspecified atom stereocenters. The molecule has 1 heterocycles. The summed E-state index contributed by atoms with van der Waals surface area (Å²) in [6, 6.07) is 15.0. The Morgan fingerprint density at radius 1 is 1.14 bits per heavy atom. The van der Waals surface area contributed by atoms with Gasteiger partial charge in [0.15, 0.2) is 0 Å². The van der Waals surface area contributed by atoms with Gasteiger partial charge >= 0.3 is 0 Å². The Kier molecular flexibility index (Phi) is 4.24. The van der Waals surface area contributed by atoms with Crippen LogP contribution in [-0.4, -0.2) is 6.54 Å². The molecule has 0 aliphatic heterocycles. The molecule has 0 radical (unpaired) electrons. The van der Waals surface area contributed by atoms with E-state index in [4.69, 9.17) is 11.6 Å². The number of hydrogen-bond acceptors (Lipinski definition) is 2. The Bertz CT molecular complexity index is 751. The predicted molar refractivity (Wildman–Crippen MR) is 88.8 cm³/mol. The van der Waals surface area contributed by atoms with Crippen LogP contribution in [0, 0.1) is 5.82 Å². The molecule has 3 aromatic rings. The highest BCUT2D eigenvalue weighted by atomic mass is 35.5. The minimum Gasteiger partial charge on any atom is -0.306 e. The van der Waals surface area contributed by atoms with Crippen molar-refractivity contribution >= 4 is 33.0 Å². The number of hydrogen-bond donors (Lipinski definition) is 1. The first-order chi connectivity index (χ1) is 10.2. The molecule has 0 fully saturated rings. The largest absolute Gasteiger partial charge is 0.306 e. The summed E-state index contributed by atoms with van der Waals surface area (Å²) in [4.78, 5) is 1.18. The Morgan fingerprint density at radius 3 is 2.62 bits per heavy atom. The summed E-state index contributed by atoms with van der Waals surface area (Å²) in [5.41, 5.74) is 1.16. The molecule has 0 saturated carbocycles. The van der Waals surface area contributed by atoms with Gasteiger partial charge in [-0.25, -0.2) is 4.39 Å². The van der Waals surface area contributed by atoms with E-state index in [1.165, 1.54) is 10.9 Å². The average molecular weight is 320 g/mol. The van der Waals surface area contributed by atoms with Crippen LogP contribution in [-0.2, 0) is 0 Å². The molecule has 0 aliphatic carbocycles. The molecule has 0 spiro atoms. The molecule has 1 aromatic heterocycles. The zero-order chi connectivity index (χ0) is 14.8. The van der Waals surface area contributed by atoms with E-state index in [0.717, 1.165) is 27.2 Å². The SMILES string of the molecule is CCNC(c1ccc(Cl)cc1)c1cc2ccc(F)cc2s1. The molecule has 21 heavy (non-hydrogen) atoms. The summed E-state index contributed by atoms with van der Waals surface area (Å²) in [6.45, 7) is 2.94. The fourth-order valence-corrected chi connectivity index (χ4v) is 3.73. The molecule has 0 bridgehead atoms. The van der Waals surface area contributed by atoms with E-state index < -0.39 is 0 Å². The van der Waals surface area contributed by atoms with Gasteiger partial charge in [0.05, 0.1) is 6.04 Å². The van der Waals surface area contributed by atoms with Crippen LogP contribution in [0.3, 0.4) is 0 Å². The minimum absolute atomic E-state index is 0.104. The van der Waals surface area contributed by atoms with Crippen molar-refractivity contribution in [2.24, 2.45) is 0 Å². The van der Waals surface area contributed by atoms with E-state index in [2.05, 4.69) is 18.3 Å². The van der Waals surface area contributed by atoms with Gasteiger partial charge < -0.3 is 5.32 Å². The molecule has 1 atom stereocenters. The van der Waals surface area contributed by atoms with Crippen molar-refractivity contribution in [1.82, 2.24) is 5.32 Å². The van der Waals surface area contributed by atoms with Crippen molar-refractivity contribution < 1.29 is 4.39 Å². The van der Waals surface area contributed by atoms with Crippen molar-refractivity contribution in [3.8, 4) is 0 Å². The van der Waals surface area contributed by atoms with Gasteiger partial charge in [0.1, 0.15) is 5.82 Å². The topological polar surface area (TPSA) is 12.0 Å². The number of rotatable bonds is 4. The summed E-state index contributed by atoms with van der Waals surface area (Å²) in [5.74, 6) is -0.192. The normalized spacial score (nSPS) is 12.7. The lowest BCUT2D eigenvalue weighted by Crippen LogP contribution is -2.20. The highest BCUT2D eigenvalue weighted by molar-refractivity contribution is 7.19. The van der Waals surface area contributed by atoms with Gasteiger partial charge in [-0.05, 0) is 47.8 Å². The highest BCUT2D eigenvalue weighted by Gasteiger charge is 2.16. The smallest absolute Gasteiger partial charge is 0.124 e. The van der Waals surface area contributed by atoms with E-state index in [-0.39, 0.29) is 11.9 Å². The van der Waals surface area contributed by atoms with E-state index in [1.54, 1.807) is 17.4 Å². The molecule has 3 rings (SSSR count). The van der Waals surface area contributed by atoms with Crippen LogP contribution < -0.4 is 5.32 Å². The second-order valence-electron chi connectivity index (χ2n) is 4.87. The molecule has 108 valence electrons. The molecule has 0 saturated heterocycles. The zero-order valence-corrected chi connectivity index (χ0v) is 13.1. The molecule has 0 aliphatic rings. The van der Waals surface area contributed by atoms with Crippen molar-refractivity contribution in [3.05, 3.63) is 69.8 Å². The number of benzene rings is 2. The molecule has 2 aromatic carbocycles. The quantitative estimate of drug-likeness (QED) is 0.679. The Balaban J connectivity index is 2.04. The van der Waals surface area contributed by atoms with Gasteiger partial charge in [0, 0.05) is 14.6 Å². The molecule has 1 N–H and O–H groups in total. The second-order valence-corrected chi connectivity index (χ2v) is 6.42. The van der Waals surface area contributed by atoms with Gasteiger partial charge in [-0.2, -0.15) is 0 Å². The standard InChI is InChI=1S/C17H15ClFNS/c1-2-20-17(11-3-6-13(18)7-4-11)16-9-12-5-8-14(19)10-15(12)21-16/h3-10,17,20H,2H2,1H3. The third-order valence-corrected chi connectivity index (χ3v) is 4.81. The summed E-state index contributed by atoms with van der Waals surface area (Å²) >= 11 is 7.58. The first-order valence-corrected chi connectivity index (χ1v) is 8.04. The van der Waals surface area contributed by atoms with Crippen molar-refractivity contribution in [2.45, 2.75) is 13.0 Å². The van der Waals surface area contributed by atoms with Crippen LogP contribution in [0.15, 0.2) is 48.5 Å². The number of halogens is 2. The highest BCUT2D eigenvalue weighted by Crippen LogP contribution is 2.33. The van der Waals surface area contributed by atoms with Crippen LogP contribution in [0.25, 0.3) is 10.1 Å². The Labute approximate surface area is 132 Å². The zero-order valence-electron chi connectivity index (χ0n) is 11.6. The molecular formula is C17H15ClFNS. The number of nitrogens with one attached hydrogen (secondary N) is 1. The Hall–Kier alpha value is -1.42. The Morgan fingerprint density at radius 2 is 1.90 bits per heavy atom. The molecular weight excluding hydrogens is 305 g/mol. The fourth-order valence-electron chi connectivity index (χ4n) is 2.41. The predicted octanol–water partition coefficient (Wildman–Crippen LogP) is 5.39. The lowest BCUT2D eigenvalue weighted by atomic mass is 10.0. The maximum Gasteiger partial charge on any atom is 0.124 e. The summed E-state index contributed by atoms with van der Waals surface area (Å²) < 4.78 is 14.3. The van der Waals surface area contributed by atoms with Gasteiger partial charge in [-0.15, -0.1) is 11.3 Å². The lowest BCUT2D eigenvalue weighted by Gasteiger charge is -2.16. The maximum absolute atomic E-state index is 13.3. The monoisotopic (exact) mass is 319 g/mol. The third-order valence-electron chi connectivity index (χ3n) is 3.40. The number of thiophene rings is 1. The molecule has 4 heteroatoms.